The van der Waals surface area contributed by atoms with Gasteiger partial charge in [0, 0.05) is 36.0 Å². The molecule has 0 atom stereocenters. The van der Waals surface area contributed by atoms with Crippen LogP contribution in [0.5, 0.6) is 0 Å². The van der Waals surface area contributed by atoms with Gasteiger partial charge in [-0.15, -0.1) is 10.2 Å². The number of nitrogens with zero attached hydrogens (tertiary/aromatic N) is 3. The van der Waals surface area contributed by atoms with Crippen molar-refractivity contribution in [2.24, 2.45) is 5.92 Å². The molecule has 0 aliphatic carbocycles. The van der Waals surface area contributed by atoms with E-state index in [0.29, 0.717) is 41.6 Å². The minimum Gasteiger partial charge on any atom is -0.339 e. The molecular weight excluding hydrogens is 396 g/mol. The number of benzene rings is 1. The third-order valence-corrected chi connectivity index (χ3v) is 6.09. The standard InChI is InChI=1S/C20H25ClN4O2S/c1-2-3-4-5-17-23-24-20(28-17)22-18(26)14-10-12-25(13-11-14)19(27)15-6-8-16(21)9-7-15/h6-9,14H,2-5,10-13H2,1H3,(H,22,24,26). The molecule has 2 heterocycles. The fourth-order valence-corrected chi connectivity index (χ4v) is 4.17. The summed E-state index contributed by atoms with van der Waals surface area (Å²) in [4.78, 5) is 26.9. The number of unbranched alkanes of at least 4 members (excludes halogenated alkanes) is 2. The third-order valence-electron chi connectivity index (χ3n) is 4.94. The van der Waals surface area contributed by atoms with Crippen molar-refractivity contribution >= 4 is 39.9 Å². The molecule has 28 heavy (non-hydrogen) atoms. The number of hydrogen-bond donors (Lipinski definition) is 1. The summed E-state index contributed by atoms with van der Waals surface area (Å²) in [6, 6.07) is 6.90. The smallest absolute Gasteiger partial charge is 0.253 e. The van der Waals surface area contributed by atoms with E-state index in [2.05, 4.69) is 22.4 Å². The lowest BCUT2D eigenvalue weighted by Gasteiger charge is -2.31. The molecule has 1 fully saturated rings. The number of aryl methyl sites for hydroxylation is 1. The molecule has 0 bridgehead atoms. The summed E-state index contributed by atoms with van der Waals surface area (Å²) < 4.78 is 0. The first-order valence-electron chi connectivity index (χ1n) is 9.75. The number of nitrogens with one attached hydrogen (secondary N) is 1. The number of rotatable bonds is 7. The second-order valence-corrected chi connectivity index (χ2v) is 8.52. The van der Waals surface area contributed by atoms with Gasteiger partial charge in [-0.3, -0.25) is 9.59 Å². The number of carbonyl (C=O) groups excluding carboxylic acids is 2. The van der Waals surface area contributed by atoms with Gasteiger partial charge < -0.3 is 10.2 Å². The lowest BCUT2D eigenvalue weighted by Crippen LogP contribution is -2.41. The fraction of sp³-hybridized carbons (Fsp3) is 0.500. The molecule has 1 saturated heterocycles. The van der Waals surface area contributed by atoms with Gasteiger partial charge in [0.05, 0.1) is 0 Å². The number of anilines is 1. The Morgan fingerprint density at radius 2 is 1.89 bits per heavy atom. The van der Waals surface area contributed by atoms with Crippen molar-refractivity contribution in [1.82, 2.24) is 15.1 Å². The van der Waals surface area contributed by atoms with Crippen LogP contribution in [0, 0.1) is 5.92 Å². The molecule has 1 aliphatic heterocycles. The molecule has 3 rings (SSSR count). The van der Waals surface area contributed by atoms with E-state index in [4.69, 9.17) is 11.6 Å². The van der Waals surface area contributed by atoms with E-state index in [9.17, 15) is 9.59 Å². The first-order chi connectivity index (χ1) is 13.6. The van der Waals surface area contributed by atoms with E-state index in [1.807, 2.05) is 0 Å². The molecule has 2 aromatic rings. The number of halogens is 1. The molecule has 150 valence electrons. The van der Waals surface area contributed by atoms with Gasteiger partial charge in [0.1, 0.15) is 5.01 Å². The number of piperidine rings is 1. The van der Waals surface area contributed by atoms with Crippen LogP contribution in [0.15, 0.2) is 24.3 Å². The Hall–Kier alpha value is -1.99. The summed E-state index contributed by atoms with van der Waals surface area (Å²) in [6.07, 6.45) is 5.64. The maximum Gasteiger partial charge on any atom is 0.253 e. The van der Waals surface area contributed by atoms with Crippen LogP contribution in [-0.2, 0) is 11.2 Å². The molecule has 1 aromatic heterocycles. The number of carbonyl (C=O) groups is 2. The molecule has 8 heteroatoms. The van der Waals surface area contributed by atoms with Crippen LogP contribution in [-0.4, -0.2) is 40.0 Å². The summed E-state index contributed by atoms with van der Waals surface area (Å²) >= 11 is 7.33. The van der Waals surface area contributed by atoms with Crippen molar-refractivity contribution in [3.05, 3.63) is 39.9 Å². The zero-order chi connectivity index (χ0) is 19.9. The highest BCUT2D eigenvalue weighted by Crippen LogP contribution is 2.23. The molecular formula is C20H25ClN4O2S. The minimum absolute atomic E-state index is 0.0173. The van der Waals surface area contributed by atoms with Gasteiger partial charge >= 0.3 is 0 Å². The molecule has 6 nitrogen and oxygen atoms in total. The van der Waals surface area contributed by atoms with Crippen molar-refractivity contribution < 1.29 is 9.59 Å². The number of aromatic nitrogens is 2. The summed E-state index contributed by atoms with van der Waals surface area (Å²) in [5, 5.41) is 13.3. The van der Waals surface area contributed by atoms with Crippen LogP contribution in [0.4, 0.5) is 5.13 Å². The van der Waals surface area contributed by atoms with Crippen LogP contribution in [0.25, 0.3) is 0 Å². The van der Waals surface area contributed by atoms with Crippen molar-refractivity contribution in [2.75, 3.05) is 18.4 Å². The summed E-state index contributed by atoms with van der Waals surface area (Å²) in [7, 11) is 0. The Bertz CT molecular complexity index is 801. The summed E-state index contributed by atoms with van der Waals surface area (Å²) in [6.45, 7) is 3.30. The van der Waals surface area contributed by atoms with Crippen LogP contribution in [0.3, 0.4) is 0 Å². The van der Waals surface area contributed by atoms with Gasteiger partial charge in [-0.25, -0.2) is 0 Å². The molecule has 0 radical (unpaired) electrons. The topological polar surface area (TPSA) is 75.2 Å². The largest absolute Gasteiger partial charge is 0.339 e. The van der Waals surface area contributed by atoms with Gasteiger partial charge in [-0.2, -0.15) is 0 Å². The summed E-state index contributed by atoms with van der Waals surface area (Å²) in [5.74, 6) is -0.159. The van der Waals surface area contributed by atoms with Gasteiger partial charge in [0.2, 0.25) is 11.0 Å². The normalized spacial score (nSPS) is 14.9. The minimum atomic E-state index is -0.110. The predicted octanol–water partition coefficient (Wildman–Crippen LogP) is 4.42. The Morgan fingerprint density at radius 3 is 2.57 bits per heavy atom. The van der Waals surface area contributed by atoms with Crippen LogP contribution < -0.4 is 5.32 Å². The predicted molar refractivity (Wildman–Crippen MR) is 112 cm³/mol. The Morgan fingerprint density at radius 1 is 1.18 bits per heavy atom. The first kappa shape index (κ1) is 20.7. The fourth-order valence-electron chi connectivity index (χ4n) is 3.26. The molecule has 2 amide bonds. The van der Waals surface area contributed by atoms with E-state index in [-0.39, 0.29) is 17.7 Å². The van der Waals surface area contributed by atoms with Crippen molar-refractivity contribution in [3.8, 4) is 0 Å². The van der Waals surface area contributed by atoms with Crippen LogP contribution >= 0.6 is 22.9 Å². The van der Waals surface area contributed by atoms with Crippen LogP contribution in [0.1, 0.15) is 54.4 Å². The maximum atomic E-state index is 12.6. The molecule has 1 aromatic carbocycles. The summed E-state index contributed by atoms with van der Waals surface area (Å²) in [5.41, 5.74) is 0.622. The second kappa shape index (κ2) is 9.98. The highest BCUT2D eigenvalue weighted by atomic mass is 35.5. The van der Waals surface area contributed by atoms with E-state index in [0.717, 1.165) is 17.8 Å². The Kier molecular flexibility index (Phi) is 7.39. The van der Waals surface area contributed by atoms with E-state index in [1.54, 1.807) is 29.2 Å². The maximum absolute atomic E-state index is 12.6. The van der Waals surface area contributed by atoms with Gasteiger partial charge in [0.15, 0.2) is 0 Å². The molecule has 0 spiro atoms. The van der Waals surface area contributed by atoms with Crippen molar-refractivity contribution in [2.45, 2.75) is 45.4 Å². The first-order valence-corrected chi connectivity index (χ1v) is 10.9. The lowest BCUT2D eigenvalue weighted by atomic mass is 9.95. The van der Waals surface area contributed by atoms with Crippen molar-refractivity contribution in [1.29, 1.82) is 0 Å². The van der Waals surface area contributed by atoms with Crippen molar-refractivity contribution in [3.63, 3.8) is 0 Å². The van der Waals surface area contributed by atoms with Gasteiger partial charge in [-0.05, 0) is 43.5 Å². The van der Waals surface area contributed by atoms with E-state index in [1.165, 1.54) is 24.2 Å². The number of amides is 2. The SMILES string of the molecule is CCCCCc1nnc(NC(=O)C2CCN(C(=O)c3ccc(Cl)cc3)CC2)s1. The molecule has 0 unspecified atom stereocenters. The average molecular weight is 421 g/mol. The van der Waals surface area contributed by atoms with Crippen LogP contribution in [0.2, 0.25) is 5.02 Å². The highest BCUT2D eigenvalue weighted by molar-refractivity contribution is 7.15. The third kappa shape index (κ3) is 5.52. The molecule has 1 N–H and O–H groups in total. The van der Waals surface area contributed by atoms with E-state index < -0.39 is 0 Å². The number of likely N-dealkylation sites (tertiary alicyclic amines) is 1. The second-order valence-electron chi connectivity index (χ2n) is 7.02. The zero-order valence-corrected chi connectivity index (χ0v) is 17.6. The molecule has 0 saturated carbocycles. The van der Waals surface area contributed by atoms with Gasteiger partial charge in [0.25, 0.3) is 5.91 Å². The zero-order valence-electron chi connectivity index (χ0n) is 16.0. The number of hydrogen-bond acceptors (Lipinski definition) is 5. The Balaban J connectivity index is 1.47. The highest BCUT2D eigenvalue weighted by Gasteiger charge is 2.28. The Labute approximate surface area is 174 Å². The quantitative estimate of drug-likeness (QED) is 0.673. The lowest BCUT2D eigenvalue weighted by molar-refractivity contribution is -0.121. The monoisotopic (exact) mass is 420 g/mol. The average Bonchev–Trinajstić information content (AvgIpc) is 3.15. The van der Waals surface area contributed by atoms with Gasteiger partial charge in [-0.1, -0.05) is 42.7 Å². The molecule has 1 aliphatic rings. The van der Waals surface area contributed by atoms with E-state index >= 15 is 0 Å².